The molecule has 1 saturated carbocycles. The van der Waals surface area contributed by atoms with Crippen LogP contribution in [0, 0.1) is 17.2 Å². The van der Waals surface area contributed by atoms with Gasteiger partial charge in [-0.05, 0) is 50.2 Å². The standard InChI is InChI=1S/C28H36N4O6/c1-4-6-19(5-2)38-28(36)30-22(11-13-29)17-12-14-31(15-17)23-10-9-20-24(26(23)37-3)32(18-7-8-18)16-21(25(20)33)27(34)35/h9-10,16-19,22H,4-8,11-12,14-15H2,1-3H3,(H,30,36)(H,34,35)/t17-,19?,22-/m1/s1. The second-order valence-electron chi connectivity index (χ2n) is 10.2. The Bertz CT molecular complexity index is 1290. The topological polar surface area (TPSA) is 134 Å². The Morgan fingerprint density at radius 3 is 2.63 bits per heavy atom. The van der Waals surface area contributed by atoms with E-state index < -0.39 is 17.5 Å². The van der Waals surface area contributed by atoms with Crippen molar-refractivity contribution >= 4 is 28.7 Å². The molecule has 1 aromatic carbocycles. The molecular weight excluding hydrogens is 488 g/mol. The number of aromatic carboxylic acids is 1. The highest BCUT2D eigenvalue weighted by Gasteiger charge is 2.34. The molecule has 10 heteroatoms. The first kappa shape index (κ1) is 27.3. The third kappa shape index (κ3) is 5.57. The van der Waals surface area contributed by atoms with Gasteiger partial charge in [-0.25, -0.2) is 9.59 Å². The van der Waals surface area contributed by atoms with Crippen LogP contribution in [0.4, 0.5) is 10.5 Å². The summed E-state index contributed by atoms with van der Waals surface area (Å²) >= 11 is 0. The van der Waals surface area contributed by atoms with Gasteiger partial charge in [-0.1, -0.05) is 20.3 Å². The van der Waals surface area contributed by atoms with Gasteiger partial charge < -0.3 is 29.4 Å². The van der Waals surface area contributed by atoms with Crippen LogP contribution in [-0.4, -0.2) is 54.1 Å². The number of alkyl carbamates (subject to hydrolysis) is 1. The van der Waals surface area contributed by atoms with E-state index in [-0.39, 0.29) is 36.1 Å². The Hall–Kier alpha value is -3.74. The Morgan fingerprint density at radius 1 is 1.26 bits per heavy atom. The van der Waals surface area contributed by atoms with Crippen LogP contribution in [0.3, 0.4) is 0 Å². The van der Waals surface area contributed by atoms with Crippen LogP contribution in [0.25, 0.3) is 10.9 Å². The maximum absolute atomic E-state index is 13.0. The number of nitriles is 1. The highest BCUT2D eigenvalue weighted by atomic mass is 16.6. The van der Waals surface area contributed by atoms with E-state index in [0.29, 0.717) is 29.7 Å². The first-order valence-electron chi connectivity index (χ1n) is 13.4. The van der Waals surface area contributed by atoms with Crippen LogP contribution in [0.5, 0.6) is 5.75 Å². The van der Waals surface area contributed by atoms with Crippen LogP contribution >= 0.6 is 0 Å². The lowest BCUT2D eigenvalue weighted by Gasteiger charge is -2.26. The van der Waals surface area contributed by atoms with Gasteiger partial charge in [0.25, 0.3) is 0 Å². The highest BCUT2D eigenvalue weighted by molar-refractivity contribution is 5.97. The molecule has 2 fully saturated rings. The minimum absolute atomic E-state index is 0.0221. The normalized spacial score (nSPS) is 18.6. The molecule has 38 heavy (non-hydrogen) atoms. The van der Waals surface area contributed by atoms with Crippen molar-refractivity contribution in [3.05, 3.63) is 34.1 Å². The number of benzene rings is 1. The van der Waals surface area contributed by atoms with Crippen molar-refractivity contribution in [1.82, 2.24) is 9.88 Å². The summed E-state index contributed by atoms with van der Waals surface area (Å²) in [6, 6.07) is 5.44. The van der Waals surface area contributed by atoms with Gasteiger partial charge in [0.05, 0.1) is 36.2 Å². The highest BCUT2D eigenvalue weighted by Crippen LogP contribution is 2.43. The van der Waals surface area contributed by atoms with E-state index in [2.05, 4.69) is 16.3 Å². The third-order valence-corrected chi connectivity index (χ3v) is 7.59. The number of rotatable bonds is 11. The zero-order valence-corrected chi connectivity index (χ0v) is 22.2. The van der Waals surface area contributed by atoms with Gasteiger partial charge >= 0.3 is 12.1 Å². The summed E-state index contributed by atoms with van der Waals surface area (Å²) in [5, 5.41) is 22.2. The van der Waals surface area contributed by atoms with E-state index in [1.807, 2.05) is 18.4 Å². The molecule has 2 N–H and O–H groups in total. The minimum atomic E-state index is -1.24. The Kier molecular flexibility index (Phi) is 8.45. The number of amides is 1. The zero-order chi connectivity index (χ0) is 27.4. The summed E-state index contributed by atoms with van der Waals surface area (Å²) in [6.45, 7) is 5.30. The number of carboxylic acids is 1. The molecule has 2 aromatic rings. The fourth-order valence-electron chi connectivity index (χ4n) is 5.42. The van der Waals surface area contributed by atoms with Crippen molar-refractivity contribution in [3.63, 3.8) is 0 Å². The average Bonchev–Trinajstić information content (AvgIpc) is 3.63. The Morgan fingerprint density at radius 2 is 2.03 bits per heavy atom. The summed E-state index contributed by atoms with van der Waals surface area (Å²) in [4.78, 5) is 39.4. The smallest absolute Gasteiger partial charge is 0.407 e. The quantitative estimate of drug-likeness (QED) is 0.440. The molecule has 1 aliphatic heterocycles. The summed E-state index contributed by atoms with van der Waals surface area (Å²) in [7, 11) is 1.55. The number of carboxylic acid groups (broad SMARTS) is 1. The van der Waals surface area contributed by atoms with Gasteiger partial charge in [-0.15, -0.1) is 0 Å². The number of anilines is 1. The predicted molar refractivity (Wildman–Crippen MR) is 143 cm³/mol. The SMILES string of the molecule is CCCC(CC)OC(=O)N[C@H](CC#N)[C@@H]1CCN(c2ccc3c(=O)c(C(=O)O)cn(C4CC4)c3c2OC)C1. The van der Waals surface area contributed by atoms with Crippen LogP contribution in [0.15, 0.2) is 23.1 Å². The number of fused-ring (bicyclic) bond motifs is 1. The number of nitrogens with zero attached hydrogens (tertiary/aromatic N) is 3. The largest absolute Gasteiger partial charge is 0.492 e. The van der Waals surface area contributed by atoms with Gasteiger partial charge in [0.1, 0.15) is 11.7 Å². The second-order valence-corrected chi connectivity index (χ2v) is 10.2. The number of hydrogen-bond donors (Lipinski definition) is 2. The van der Waals surface area contributed by atoms with Crippen molar-refractivity contribution in [3.8, 4) is 11.8 Å². The summed E-state index contributed by atoms with van der Waals surface area (Å²) in [6.07, 6.45) is 6.00. The molecule has 1 aromatic heterocycles. The van der Waals surface area contributed by atoms with Gasteiger partial charge in [-0.3, -0.25) is 4.79 Å². The predicted octanol–water partition coefficient (Wildman–Crippen LogP) is 4.46. The molecule has 1 unspecified atom stereocenters. The molecule has 4 rings (SSSR count). The molecule has 2 heterocycles. The van der Waals surface area contributed by atoms with Gasteiger partial charge in [0.2, 0.25) is 5.43 Å². The van der Waals surface area contributed by atoms with Crippen LogP contribution in [0.1, 0.15) is 75.2 Å². The van der Waals surface area contributed by atoms with Gasteiger partial charge in [-0.2, -0.15) is 5.26 Å². The number of carbonyl (C=O) groups excluding carboxylic acids is 1. The maximum Gasteiger partial charge on any atom is 0.407 e. The molecule has 10 nitrogen and oxygen atoms in total. The number of hydrogen-bond acceptors (Lipinski definition) is 7. The van der Waals surface area contributed by atoms with E-state index in [4.69, 9.17) is 9.47 Å². The number of aromatic nitrogens is 1. The molecule has 1 amide bonds. The fraction of sp³-hybridized carbons (Fsp3) is 0.571. The van der Waals surface area contributed by atoms with Crippen molar-refractivity contribution in [1.29, 1.82) is 5.26 Å². The van der Waals surface area contributed by atoms with E-state index in [1.54, 1.807) is 19.2 Å². The maximum atomic E-state index is 13.0. The van der Waals surface area contributed by atoms with Crippen molar-refractivity contribution in [2.24, 2.45) is 5.92 Å². The molecule has 3 atom stereocenters. The molecule has 204 valence electrons. The van der Waals surface area contributed by atoms with Crippen LogP contribution in [0.2, 0.25) is 0 Å². The molecular formula is C28H36N4O6. The third-order valence-electron chi connectivity index (χ3n) is 7.59. The first-order valence-corrected chi connectivity index (χ1v) is 13.4. The van der Waals surface area contributed by atoms with Crippen LogP contribution in [-0.2, 0) is 4.74 Å². The Labute approximate surface area is 222 Å². The Balaban J connectivity index is 1.60. The average molecular weight is 525 g/mol. The summed E-state index contributed by atoms with van der Waals surface area (Å²) in [5.41, 5.74) is 0.621. The van der Waals surface area contributed by atoms with E-state index >= 15 is 0 Å². The lowest BCUT2D eigenvalue weighted by Crippen LogP contribution is -2.42. The molecule has 2 aliphatic rings. The summed E-state index contributed by atoms with van der Waals surface area (Å²) in [5.74, 6) is -0.696. The number of nitrogens with one attached hydrogen (secondary N) is 1. The second kappa shape index (κ2) is 11.8. The van der Waals surface area contributed by atoms with E-state index in [9.17, 15) is 24.8 Å². The molecule has 0 bridgehead atoms. The number of carbonyl (C=O) groups is 2. The lowest BCUT2D eigenvalue weighted by molar-refractivity contribution is 0.0694. The fourth-order valence-corrected chi connectivity index (χ4v) is 5.42. The monoisotopic (exact) mass is 524 g/mol. The first-order chi connectivity index (χ1) is 18.3. The van der Waals surface area contributed by atoms with E-state index in [0.717, 1.165) is 44.2 Å². The van der Waals surface area contributed by atoms with Crippen molar-refractivity contribution < 1.29 is 24.2 Å². The van der Waals surface area contributed by atoms with Crippen molar-refractivity contribution in [2.75, 3.05) is 25.1 Å². The number of methoxy groups -OCH3 is 1. The molecule has 1 saturated heterocycles. The van der Waals surface area contributed by atoms with Crippen LogP contribution < -0.4 is 20.4 Å². The summed E-state index contributed by atoms with van der Waals surface area (Å²) < 4.78 is 13.3. The van der Waals surface area contributed by atoms with Crippen molar-refractivity contribution in [2.45, 2.75) is 77.0 Å². The molecule has 0 spiro atoms. The lowest BCUT2D eigenvalue weighted by atomic mass is 9.96. The number of pyridine rings is 1. The molecule has 1 aliphatic carbocycles. The minimum Gasteiger partial charge on any atom is -0.492 e. The van der Waals surface area contributed by atoms with E-state index in [1.165, 1.54) is 6.20 Å². The van der Waals surface area contributed by atoms with Gasteiger partial charge in [0.15, 0.2) is 5.75 Å². The molecule has 0 radical (unpaired) electrons. The number of ether oxygens (including phenoxy) is 2. The zero-order valence-electron chi connectivity index (χ0n) is 22.2. The van der Waals surface area contributed by atoms with Gasteiger partial charge in [0, 0.05) is 31.4 Å².